The lowest BCUT2D eigenvalue weighted by Gasteiger charge is -2.34. The van der Waals surface area contributed by atoms with Gasteiger partial charge in [-0.05, 0) is 50.5 Å². The maximum Gasteiger partial charge on any atom is 0.00413 e. The molecule has 1 aliphatic carbocycles. The van der Waals surface area contributed by atoms with Crippen molar-refractivity contribution in [3.8, 4) is 0 Å². The molecule has 0 radical (unpaired) electrons. The molecule has 0 amide bonds. The van der Waals surface area contributed by atoms with E-state index in [-0.39, 0.29) is 0 Å². The summed E-state index contributed by atoms with van der Waals surface area (Å²) in [5.41, 5.74) is 0. The standard InChI is InChI=1S/C16H33N/c1-5-10-17-14(4)11-13(3)16-9-7-8-15(6-2)12-16/h13-17H,5-12H2,1-4H3. The Bertz CT molecular complexity index is 190. The number of hydrogen-bond acceptors (Lipinski definition) is 1. The summed E-state index contributed by atoms with van der Waals surface area (Å²) in [6, 6.07) is 0.701. The first-order chi connectivity index (χ1) is 8.17. The Morgan fingerprint density at radius 2 is 1.94 bits per heavy atom. The molecule has 0 aliphatic heterocycles. The highest BCUT2D eigenvalue weighted by atomic mass is 14.9. The second kappa shape index (κ2) is 8.13. The van der Waals surface area contributed by atoms with Crippen molar-refractivity contribution in [2.45, 2.75) is 78.7 Å². The van der Waals surface area contributed by atoms with Gasteiger partial charge in [0.1, 0.15) is 0 Å². The van der Waals surface area contributed by atoms with Gasteiger partial charge in [-0.3, -0.25) is 0 Å². The summed E-state index contributed by atoms with van der Waals surface area (Å²) < 4.78 is 0. The Labute approximate surface area is 109 Å². The fourth-order valence-corrected chi connectivity index (χ4v) is 3.44. The second-order valence-corrected chi connectivity index (χ2v) is 6.27. The van der Waals surface area contributed by atoms with Crippen molar-refractivity contribution in [3.63, 3.8) is 0 Å². The minimum Gasteiger partial charge on any atom is -0.314 e. The molecule has 0 aromatic heterocycles. The molecule has 1 aliphatic rings. The van der Waals surface area contributed by atoms with E-state index in [1.54, 1.807) is 0 Å². The minimum absolute atomic E-state index is 0.701. The van der Waals surface area contributed by atoms with Crippen molar-refractivity contribution >= 4 is 0 Å². The molecule has 1 fully saturated rings. The lowest BCUT2D eigenvalue weighted by Crippen LogP contribution is -2.31. The molecular weight excluding hydrogens is 206 g/mol. The Hall–Kier alpha value is -0.0400. The molecule has 0 heterocycles. The van der Waals surface area contributed by atoms with Crippen LogP contribution in [0.2, 0.25) is 0 Å². The van der Waals surface area contributed by atoms with E-state index in [2.05, 4.69) is 33.0 Å². The molecule has 4 unspecified atom stereocenters. The van der Waals surface area contributed by atoms with Crippen LogP contribution in [0, 0.1) is 17.8 Å². The zero-order chi connectivity index (χ0) is 12.7. The predicted octanol–water partition coefficient (Wildman–Crippen LogP) is 4.62. The minimum atomic E-state index is 0.701. The smallest absolute Gasteiger partial charge is 0.00413 e. The molecule has 0 aromatic rings. The van der Waals surface area contributed by atoms with E-state index < -0.39 is 0 Å². The lowest BCUT2D eigenvalue weighted by atomic mass is 9.73. The van der Waals surface area contributed by atoms with Crippen LogP contribution in [0.4, 0.5) is 0 Å². The molecule has 1 nitrogen and oxygen atoms in total. The molecule has 1 N–H and O–H groups in total. The molecule has 0 bridgehead atoms. The molecule has 1 rings (SSSR count). The first-order valence-corrected chi connectivity index (χ1v) is 7.90. The van der Waals surface area contributed by atoms with Gasteiger partial charge in [-0.1, -0.05) is 46.5 Å². The maximum absolute atomic E-state index is 3.63. The van der Waals surface area contributed by atoms with Gasteiger partial charge in [0, 0.05) is 6.04 Å². The van der Waals surface area contributed by atoms with Crippen LogP contribution in [0.5, 0.6) is 0 Å². The van der Waals surface area contributed by atoms with Crippen molar-refractivity contribution in [1.29, 1.82) is 0 Å². The van der Waals surface area contributed by atoms with Gasteiger partial charge in [0.05, 0.1) is 0 Å². The van der Waals surface area contributed by atoms with Crippen LogP contribution in [0.25, 0.3) is 0 Å². The third-order valence-electron chi connectivity index (χ3n) is 4.67. The largest absolute Gasteiger partial charge is 0.314 e. The zero-order valence-electron chi connectivity index (χ0n) is 12.5. The summed E-state index contributed by atoms with van der Waals surface area (Å²) in [6.45, 7) is 10.6. The first-order valence-electron chi connectivity index (χ1n) is 7.90. The van der Waals surface area contributed by atoms with E-state index in [1.807, 2.05) is 0 Å². The average molecular weight is 239 g/mol. The van der Waals surface area contributed by atoms with Gasteiger partial charge in [-0.15, -0.1) is 0 Å². The Morgan fingerprint density at radius 1 is 1.18 bits per heavy atom. The van der Waals surface area contributed by atoms with Crippen LogP contribution in [-0.2, 0) is 0 Å². The van der Waals surface area contributed by atoms with Gasteiger partial charge in [0.2, 0.25) is 0 Å². The third-order valence-corrected chi connectivity index (χ3v) is 4.67. The van der Waals surface area contributed by atoms with E-state index >= 15 is 0 Å². The number of hydrogen-bond donors (Lipinski definition) is 1. The summed E-state index contributed by atoms with van der Waals surface area (Å²) in [6.07, 6.45) is 9.96. The normalized spacial score (nSPS) is 28.9. The van der Waals surface area contributed by atoms with E-state index in [0.717, 1.165) is 17.8 Å². The van der Waals surface area contributed by atoms with Gasteiger partial charge in [0.15, 0.2) is 0 Å². The topological polar surface area (TPSA) is 12.0 Å². The summed E-state index contributed by atoms with van der Waals surface area (Å²) in [4.78, 5) is 0. The van der Waals surface area contributed by atoms with E-state index in [1.165, 1.54) is 51.5 Å². The molecule has 0 saturated heterocycles. The molecular formula is C16H33N. The summed E-state index contributed by atoms with van der Waals surface area (Å²) >= 11 is 0. The second-order valence-electron chi connectivity index (χ2n) is 6.27. The van der Waals surface area contributed by atoms with Crippen LogP contribution in [0.1, 0.15) is 72.6 Å². The molecule has 102 valence electrons. The van der Waals surface area contributed by atoms with Crippen LogP contribution < -0.4 is 5.32 Å². The highest BCUT2D eigenvalue weighted by Gasteiger charge is 2.25. The van der Waals surface area contributed by atoms with Gasteiger partial charge < -0.3 is 5.32 Å². The fourth-order valence-electron chi connectivity index (χ4n) is 3.44. The van der Waals surface area contributed by atoms with Gasteiger partial charge in [-0.25, -0.2) is 0 Å². The summed E-state index contributed by atoms with van der Waals surface area (Å²) in [7, 11) is 0. The lowest BCUT2D eigenvalue weighted by molar-refractivity contribution is 0.185. The molecule has 0 aromatic carbocycles. The molecule has 1 saturated carbocycles. The Morgan fingerprint density at radius 3 is 2.59 bits per heavy atom. The Kier molecular flexibility index (Phi) is 7.18. The molecule has 17 heavy (non-hydrogen) atoms. The summed E-state index contributed by atoms with van der Waals surface area (Å²) in [5.74, 6) is 2.93. The van der Waals surface area contributed by atoms with Crippen molar-refractivity contribution in [1.82, 2.24) is 5.32 Å². The van der Waals surface area contributed by atoms with Crippen molar-refractivity contribution in [2.75, 3.05) is 6.54 Å². The summed E-state index contributed by atoms with van der Waals surface area (Å²) in [5, 5.41) is 3.63. The Balaban J connectivity index is 2.28. The monoisotopic (exact) mass is 239 g/mol. The van der Waals surface area contributed by atoms with Crippen molar-refractivity contribution in [2.24, 2.45) is 17.8 Å². The number of rotatable bonds is 7. The molecule has 4 atom stereocenters. The van der Waals surface area contributed by atoms with Crippen LogP contribution >= 0.6 is 0 Å². The maximum atomic E-state index is 3.63. The zero-order valence-corrected chi connectivity index (χ0v) is 12.5. The molecule has 1 heteroatoms. The fraction of sp³-hybridized carbons (Fsp3) is 1.00. The highest BCUT2D eigenvalue weighted by Crippen LogP contribution is 2.36. The quantitative estimate of drug-likeness (QED) is 0.683. The van der Waals surface area contributed by atoms with E-state index in [4.69, 9.17) is 0 Å². The van der Waals surface area contributed by atoms with Crippen LogP contribution in [-0.4, -0.2) is 12.6 Å². The average Bonchev–Trinajstić information content (AvgIpc) is 2.36. The van der Waals surface area contributed by atoms with Gasteiger partial charge in [0.25, 0.3) is 0 Å². The van der Waals surface area contributed by atoms with Crippen LogP contribution in [0.15, 0.2) is 0 Å². The molecule has 0 spiro atoms. The predicted molar refractivity (Wildman–Crippen MR) is 77.3 cm³/mol. The van der Waals surface area contributed by atoms with Crippen LogP contribution in [0.3, 0.4) is 0 Å². The third kappa shape index (κ3) is 5.42. The number of nitrogens with one attached hydrogen (secondary N) is 1. The van der Waals surface area contributed by atoms with Gasteiger partial charge in [-0.2, -0.15) is 0 Å². The SMILES string of the molecule is CCCNC(C)CC(C)C1CCCC(CC)C1. The highest BCUT2D eigenvalue weighted by molar-refractivity contribution is 4.78. The van der Waals surface area contributed by atoms with E-state index in [0.29, 0.717) is 6.04 Å². The van der Waals surface area contributed by atoms with Gasteiger partial charge >= 0.3 is 0 Å². The van der Waals surface area contributed by atoms with Crippen molar-refractivity contribution < 1.29 is 0 Å². The van der Waals surface area contributed by atoms with E-state index in [9.17, 15) is 0 Å². The van der Waals surface area contributed by atoms with Crippen molar-refractivity contribution in [3.05, 3.63) is 0 Å². The first kappa shape index (κ1) is 15.0.